The summed E-state index contributed by atoms with van der Waals surface area (Å²) in [4.78, 5) is 34.5. The summed E-state index contributed by atoms with van der Waals surface area (Å²) in [5.41, 5.74) is 6.39. The minimum Gasteiger partial charge on any atom is -0.493 e. The number of carbonyl (C=O) groups is 2. The predicted molar refractivity (Wildman–Crippen MR) is 117 cm³/mol. The highest BCUT2D eigenvalue weighted by Gasteiger charge is 2.20. The molecule has 1 heterocycles. The third-order valence-corrected chi connectivity index (χ3v) is 4.46. The summed E-state index contributed by atoms with van der Waals surface area (Å²) >= 11 is 0. The Morgan fingerprint density at radius 3 is 2.24 bits per heavy atom. The van der Waals surface area contributed by atoms with E-state index in [2.05, 4.69) is 10.4 Å². The van der Waals surface area contributed by atoms with Gasteiger partial charge in [0.05, 0.1) is 30.5 Å². The van der Waals surface area contributed by atoms with Crippen LogP contribution in [0.3, 0.4) is 0 Å². The van der Waals surface area contributed by atoms with Gasteiger partial charge in [0.15, 0.2) is 18.1 Å². The van der Waals surface area contributed by atoms with E-state index in [0.717, 1.165) is 0 Å². The van der Waals surface area contributed by atoms with Gasteiger partial charge in [-0.05, 0) is 31.2 Å². The smallest absolute Gasteiger partial charge is 0.269 e. The summed E-state index contributed by atoms with van der Waals surface area (Å²) in [6, 6.07) is 10.2. The highest BCUT2D eigenvalue weighted by Crippen LogP contribution is 2.38. The molecule has 0 aliphatic carbocycles. The molecule has 0 atom stereocenters. The molecule has 1 aromatic heterocycles. The number of primary amides is 1. The molecule has 0 bridgehead atoms. The van der Waals surface area contributed by atoms with Crippen molar-refractivity contribution < 1.29 is 28.7 Å². The number of ether oxygens (including phenoxy) is 3. The fourth-order valence-electron chi connectivity index (χ4n) is 2.99. The topological polar surface area (TPSA) is 161 Å². The predicted octanol–water partition coefficient (Wildman–Crippen LogP) is 2.22. The Morgan fingerprint density at radius 1 is 1.12 bits per heavy atom. The molecule has 0 aliphatic heterocycles. The quantitative estimate of drug-likeness (QED) is 0.367. The number of non-ortho nitro benzene ring substituents is 1. The zero-order valence-electron chi connectivity index (χ0n) is 18.0. The molecule has 3 rings (SSSR count). The van der Waals surface area contributed by atoms with Crippen LogP contribution in [0.1, 0.15) is 16.1 Å². The number of nitro benzene ring substituents is 1. The van der Waals surface area contributed by atoms with E-state index in [4.69, 9.17) is 19.9 Å². The van der Waals surface area contributed by atoms with Crippen molar-refractivity contribution in [2.45, 2.75) is 6.92 Å². The number of methoxy groups -OCH3 is 2. The summed E-state index contributed by atoms with van der Waals surface area (Å²) < 4.78 is 17.4. The third-order valence-electron chi connectivity index (χ3n) is 4.46. The van der Waals surface area contributed by atoms with Gasteiger partial charge in [-0.2, -0.15) is 5.10 Å². The number of nitrogens with zero attached hydrogens (tertiary/aromatic N) is 3. The zero-order chi connectivity index (χ0) is 24.1. The lowest BCUT2D eigenvalue weighted by Crippen LogP contribution is -2.20. The summed E-state index contributed by atoms with van der Waals surface area (Å²) in [5, 5.41) is 18.0. The molecule has 3 N–H and O–H groups in total. The average molecular weight is 455 g/mol. The number of aryl methyl sites for hydroxylation is 1. The Bertz CT molecular complexity index is 1180. The number of amides is 2. The van der Waals surface area contributed by atoms with Gasteiger partial charge in [0, 0.05) is 23.8 Å². The van der Waals surface area contributed by atoms with Crippen molar-refractivity contribution in [3.8, 4) is 22.9 Å². The molecule has 0 spiro atoms. The zero-order valence-corrected chi connectivity index (χ0v) is 18.0. The molecule has 12 nitrogen and oxygen atoms in total. The SMILES string of the molecule is COc1cc(C(=O)Nc2cc(C)nn2-c2ccc([N+](=O)[O-])cc2)cc(OC)c1OCC(N)=O. The number of nitrogens with one attached hydrogen (secondary N) is 1. The first-order valence-electron chi connectivity index (χ1n) is 9.53. The Kier molecular flexibility index (Phi) is 6.77. The van der Waals surface area contributed by atoms with Gasteiger partial charge in [-0.3, -0.25) is 19.7 Å². The molecule has 0 unspecified atom stereocenters. The Balaban J connectivity index is 1.91. The minimum atomic E-state index is -0.684. The van der Waals surface area contributed by atoms with Crippen LogP contribution in [0.4, 0.5) is 11.5 Å². The number of hydrogen-bond acceptors (Lipinski definition) is 8. The van der Waals surface area contributed by atoms with Gasteiger partial charge in [-0.1, -0.05) is 0 Å². The van der Waals surface area contributed by atoms with E-state index < -0.39 is 23.3 Å². The van der Waals surface area contributed by atoms with E-state index in [9.17, 15) is 19.7 Å². The maximum atomic E-state index is 13.0. The third kappa shape index (κ3) is 5.18. The monoisotopic (exact) mass is 455 g/mol. The molecule has 0 saturated carbocycles. The van der Waals surface area contributed by atoms with E-state index in [1.54, 1.807) is 13.0 Å². The fourth-order valence-corrected chi connectivity index (χ4v) is 2.99. The van der Waals surface area contributed by atoms with E-state index in [0.29, 0.717) is 17.2 Å². The van der Waals surface area contributed by atoms with Crippen molar-refractivity contribution in [3.63, 3.8) is 0 Å². The van der Waals surface area contributed by atoms with Crippen LogP contribution >= 0.6 is 0 Å². The molecule has 2 amide bonds. The molecule has 33 heavy (non-hydrogen) atoms. The summed E-state index contributed by atoms with van der Waals surface area (Å²) in [6.07, 6.45) is 0. The van der Waals surface area contributed by atoms with Gasteiger partial charge in [0.25, 0.3) is 17.5 Å². The summed E-state index contributed by atoms with van der Waals surface area (Å²) in [7, 11) is 2.75. The van der Waals surface area contributed by atoms with E-state index in [1.807, 2.05) is 0 Å². The van der Waals surface area contributed by atoms with Crippen LogP contribution in [-0.4, -0.2) is 47.3 Å². The highest BCUT2D eigenvalue weighted by molar-refractivity contribution is 6.04. The number of nitro groups is 1. The molecular formula is C21H21N5O7. The van der Waals surface area contributed by atoms with Gasteiger partial charge >= 0.3 is 0 Å². The second-order valence-corrected chi connectivity index (χ2v) is 6.78. The molecule has 0 radical (unpaired) electrons. The first kappa shape index (κ1) is 23.1. The molecule has 3 aromatic rings. The number of carbonyl (C=O) groups excluding carboxylic acids is 2. The number of hydrogen-bond donors (Lipinski definition) is 2. The van der Waals surface area contributed by atoms with Gasteiger partial charge in [-0.15, -0.1) is 0 Å². The first-order chi connectivity index (χ1) is 15.7. The van der Waals surface area contributed by atoms with E-state index in [1.165, 1.54) is 55.3 Å². The summed E-state index contributed by atoms with van der Waals surface area (Å²) in [5.74, 6) is -0.381. The number of rotatable bonds is 9. The lowest BCUT2D eigenvalue weighted by Gasteiger charge is -2.15. The fraction of sp³-hybridized carbons (Fsp3) is 0.190. The Labute approximate surface area is 188 Å². The van der Waals surface area contributed by atoms with Crippen molar-refractivity contribution in [2.24, 2.45) is 5.73 Å². The molecule has 172 valence electrons. The van der Waals surface area contributed by atoms with Crippen LogP contribution in [-0.2, 0) is 4.79 Å². The van der Waals surface area contributed by atoms with Crippen molar-refractivity contribution in [2.75, 3.05) is 26.1 Å². The van der Waals surface area contributed by atoms with Gasteiger partial charge in [-0.25, -0.2) is 4.68 Å². The number of benzene rings is 2. The van der Waals surface area contributed by atoms with Crippen LogP contribution in [0.5, 0.6) is 17.2 Å². The number of nitrogens with two attached hydrogens (primary N) is 1. The molecule has 12 heteroatoms. The van der Waals surface area contributed by atoms with Gasteiger partial charge in [0.2, 0.25) is 5.75 Å². The number of aromatic nitrogens is 2. The maximum absolute atomic E-state index is 13.0. The second kappa shape index (κ2) is 9.68. The second-order valence-electron chi connectivity index (χ2n) is 6.78. The molecular weight excluding hydrogens is 434 g/mol. The molecule has 2 aromatic carbocycles. The lowest BCUT2D eigenvalue weighted by atomic mass is 10.1. The van der Waals surface area contributed by atoms with Crippen molar-refractivity contribution in [3.05, 3.63) is 63.8 Å². The summed E-state index contributed by atoms with van der Waals surface area (Å²) in [6.45, 7) is 1.35. The standard InChI is InChI=1S/C21H21N5O7/c1-12-8-19(25(24-12)14-4-6-15(7-5-14)26(29)30)23-21(28)13-9-16(31-2)20(17(10-13)32-3)33-11-18(22)27/h4-10H,11H2,1-3H3,(H2,22,27)(H,23,28). The van der Waals surface area contributed by atoms with Crippen LogP contribution in [0.25, 0.3) is 5.69 Å². The van der Waals surface area contributed by atoms with Crippen molar-refractivity contribution in [1.82, 2.24) is 9.78 Å². The average Bonchev–Trinajstić information content (AvgIpc) is 3.16. The van der Waals surface area contributed by atoms with Gasteiger partial charge < -0.3 is 25.3 Å². The first-order valence-corrected chi connectivity index (χ1v) is 9.53. The lowest BCUT2D eigenvalue weighted by molar-refractivity contribution is -0.384. The highest BCUT2D eigenvalue weighted by atomic mass is 16.6. The molecule has 0 aliphatic rings. The van der Waals surface area contributed by atoms with Crippen molar-refractivity contribution in [1.29, 1.82) is 0 Å². The Hall–Kier alpha value is -4.61. The molecule has 0 fully saturated rings. The van der Waals surface area contributed by atoms with Crippen LogP contribution in [0, 0.1) is 17.0 Å². The normalized spacial score (nSPS) is 10.4. The van der Waals surface area contributed by atoms with Crippen LogP contribution in [0.2, 0.25) is 0 Å². The minimum absolute atomic E-state index is 0.0638. The van der Waals surface area contributed by atoms with Gasteiger partial charge in [0.1, 0.15) is 5.82 Å². The number of anilines is 1. The van der Waals surface area contributed by atoms with Crippen molar-refractivity contribution >= 4 is 23.3 Å². The van der Waals surface area contributed by atoms with Crippen LogP contribution < -0.4 is 25.3 Å². The van der Waals surface area contributed by atoms with E-state index >= 15 is 0 Å². The Morgan fingerprint density at radius 2 is 1.73 bits per heavy atom. The largest absolute Gasteiger partial charge is 0.493 e. The van der Waals surface area contributed by atoms with Crippen LogP contribution in [0.15, 0.2) is 42.5 Å². The molecule has 0 saturated heterocycles. The maximum Gasteiger partial charge on any atom is 0.269 e. The van der Waals surface area contributed by atoms with E-state index in [-0.39, 0.29) is 28.5 Å².